The van der Waals surface area contributed by atoms with E-state index in [2.05, 4.69) is 5.32 Å². The van der Waals surface area contributed by atoms with Crippen molar-refractivity contribution in [2.75, 3.05) is 11.9 Å². The highest BCUT2D eigenvalue weighted by molar-refractivity contribution is 5.93. The molecule has 2 atom stereocenters. The predicted molar refractivity (Wildman–Crippen MR) is 72.0 cm³/mol. The number of rotatable bonds is 2. The van der Waals surface area contributed by atoms with Gasteiger partial charge in [-0.05, 0) is 30.9 Å². The first-order valence-corrected chi connectivity index (χ1v) is 6.57. The third-order valence-corrected chi connectivity index (χ3v) is 3.70. The number of likely N-dealkylation sites (tertiary alicyclic amines) is 1. The molecule has 0 spiro atoms. The summed E-state index contributed by atoms with van der Waals surface area (Å²) in [7, 11) is 0. The highest BCUT2D eigenvalue weighted by Crippen LogP contribution is 2.26. The van der Waals surface area contributed by atoms with Gasteiger partial charge in [-0.3, -0.25) is 0 Å². The van der Waals surface area contributed by atoms with Crippen LogP contribution in [0, 0.1) is 24.5 Å². The molecule has 1 aromatic carbocycles. The summed E-state index contributed by atoms with van der Waals surface area (Å²) < 4.78 is 27.1. The maximum Gasteiger partial charge on any atom is 0.326 e. The number of aryl methyl sites for hydroxylation is 1. The second kappa shape index (κ2) is 5.67. The van der Waals surface area contributed by atoms with Crippen molar-refractivity contribution in [3.8, 4) is 0 Å². The second-order valence-electron chi connectivity index (χ2n) is 5.25. The fraction of sp³-hybridized carbons (Fsp3) is 0.429. The number of hydrogen-bond acceptors (Lipinski definition) is 2. The van der Waals surface area contributed by atoms with Crippen molar-refractivity contribution in [1.82, 2.24) is 4.90 Å². The van der Waals surface area contributed by atoms with Crippen molar-refractivity contribution in [3.63, 3.8) is 0 Å². The summed E-state index contributed by atoms with van der Waals surface area (Å²) >= 11 is 0. The monoisotopic (exact) mass is 298 g/mol. The lowest BCUT2D eigenvalue weighted by Crippen LogP contribution is -2.44. The molecule has 0 saturated carbocycles. The Labute approximate surface area is 120 Å². The van der Waals surface area contributed by atoms with Crippen molar-refractivity contribution in [2.45, 2.75) is 26.3 Å². The van der Waals surface area contributed by atoms with Crippen molar-refractivity contribution >= 4 is 17.7 Å². The van der Waals surface area contributed by atoms with E-state index >= 15 is 0 Å². The summed E-state index contributed by atoms with van der Waals surface area (Å²) in [5.74, 6) is -2.70. The lowest BCUT2D eigenvalue weighted by molar-refractivity contribution is -0.142. The third-order valence-electron chi connectivity index (χ3n) is 3.70. The molecule has 0 aromatic heterocycles. The molecular formula is C14H16F2N2O3. The number of hydrogen-bond donors (Lipinski definition) is 2. The lowest BCUT2D eigenvalue weighted by atomic mass is 10.0. The van der Waals surface area contributed by atoms with Crippen molar-refractivity contribution in [1.29, 1.82) is 0 Å². The van der Waals surface area contributed by atoms with Gasteiger partial charge in [0, 0.05) is 12.6 Å². The van der Waals surface area contributed by atoms with E-state index in [1.807, 2.05) is 0 Å². The smallest absolute Gasteiger partial charge is 0.326 e. The molecule has 0 bridgehead atoms. The van der Waals surface area contributed by atoms with E-state index < -0.39 is 29.7 Å². The lowest BCUT2D eigenvalue weighted by Gasteiger charge is -2.23. The number of benzene rings is 1. The SMILES string of the molecule is Cc1cc(F)c(NC(=O)N2CCC(C)C2C(=O)O)cc1F. The first-order valence-electron chi connectivity index (χ1n) is 6.57. The Morgan fingerprint density at radius 2 is 2.00 bits per heavy atom. The maximum atomic E-state index is 13.7. The zero-order valence-corrected chi connectivity index (χ0v) is 11.7. The molecule has 0 radical (unpaired) electrons. The molecule has 2 rings (SSSR count). The van der Waals surface area contributed by atoms with Crippen LogP contribution in [0.15, 0.2) is 12.1 Å². The average molecular weight is 298 g/mol. The van der Waals surface area contributed by atoms with Crippen LogP contribution in [0.3, 0.4) is 0 Å². The molecule has 1 fully saturated rings. The highest BCUT2D eigenvalue weighted by Gasteiger charge is 2.39. The molecule has 114 valence electrons. The summed E-state index contributed by atoms with van der Waals surface area (Å²) in [4.78, 5) is 24.4. The number of carboxylic acids is 1. The zero-order chi connectivity index (χ0) is 15.7. The van der Waals surface area contributed by atoms with E-state index in [9.17, 15) is 18.4 Å². The summed E-state index contributed by atoms with van der Waals surface area (Å²) in [5.41, 5.74) is -0.171. The number of anilines is 1. The molecule has 1 aliphatic rings. The minimum atomic E-state index is -1.11. The third kappa shape index (κ3) is 2.96. The molecule has 21 heavy (non-hydrogen) atoms. The normalized spacial score (nSPS) is 21.4. The molecule has 2 unspecified atom stereocenters. The number of carbonyl (C=O) groups is 2. The van der Waals surface area contributed by atoms with Crippen LogP contribution < -0.4 is 5.32 Å². The van der Waals surface area contributed by atoms with Gasteiger partial charge in [0.1, 0.15) is 17.7 Å². The van der Waals surface area contributed by atoms with Crippen LogP contribution in [-0.2, 0) is 4.79 Å². The van der Waals surface area contributed by atoms with Crippen LogP contribution in [0.25, 0.3) is 0 Å². The van der Waals surface area contributed by atoms with E-state index in [-0.39, 0.29) is 23.7 Å². The van der Waals surface area contributed by atoms with Gasteiger partial charge in [-0.25, -0.2) is 18.4 Å². The predicted octanol–water partition coefficient (Wildman–Crippen LogP) is 2.60. The Bertz CT molecular complexity index is 592. The van der Waals surface area contributed by atoms with Gasteiger partial charge >= 0.3 is 12.0 Å². The van der Waals surface area contributed by atoms with Crippen LogP contribution in [0.1, 0.15) is 18.9 Å². The second-order valence-corrected chi connectivity index (χ2v) is 5.25. The van der Waals surface area contributed by atoms with Crippen LogP contribution in [0.5, 0.6) is 0 Å². The highest BCUT2D eigenvalue weighted by atomic mass is 19.1. The Morgan fingerprint density at radius 3 is 2.62 bits per heavy atom. The number of nitrogens with zero attached hydrogens (tertiary/aromatic N) is 1. The van der Waals surface area contributed by atoms with Gasteiger partial charge < -0.3 is 15.3 Å². The molecule has 1 heterocycles. The number of nitrogens with one attached hydrogen (secondary N) is 1. The van der Waals surface area contributed by atoms with E-state index in [4.69, 9.17) is 5.11 Å². The number of aliphatic carboxylic acids is 1. The summed E-state index contributed by atoms with van der Waals surface area (Å²) in [6, 6.07) is 0.168. The first-order chi connectivity index (χ1) is 9.81. The Hall–Kier alpha value is -2.18. The Morgan fingerprint density at radius 1 is 1.33 bits per heavy atom. The molecule has 5 nitrogen and oxygen atoms in total. The molecule has 7 heteroatoms. The fourth-order valence-electron chi connectivity index (χ4n) is 2.48. The first kappa shape index (κ1) is 15.2. The van der Waals surface area contributed by atoms with Crippen molar-refractivity contribution in [3.05, 3.63) is 29.3 Å². The Balaban J connectivity index is 2.18. The number of urea groups is 1. The van der Waals surface area contributed by atoms with Gasteiger partial charge in [0.15, 0.2) is 0 Å². The molecular weight excluding hydrogens is 282 g/mol. The van der Waals surface area contributed by atoms with Gasteiger partial charge in [0.25, 0.3) is 0 Å². The standard InChI is InChI=1S/C14H16F2N2O3/c1-7-3-4-18(12(7)13(19)20)14(21)17-11-6-9(15)8(2)5-10(11)16/h5-7,12H,3-4H2,1-2H3,(H,17,21)(H,19,20). The van der Waals surface area contributed by atoms with Crippen LogP contribution in [-0.4, -0.2) is 34.6 Å². The fourth-order valence-corrected chi connectivity index (χ4v) is 2.48. The minimum Gasteiger partial charge on any atom is -0.480 e. The van der Waals surface area contributed by atoms with E-state index in [0.29, 0.717) is 6.42 Å². The van der Waals surface area contributed by atoms with Crippen LogP contribution in [0.4, 0.5) is 19.3 Å². The number of carboxylic acid groups (broad SMARTS) is 1. The van der Waals surface area contributed by atoms with Gasteiger partial charge in [-0.15, -0.1) is 0 Å². The molecule has 1 aromatic rings. The van der Waals surface area contributed by atoms with Gasteiger partial charge in [0.05, 0.1) is 5.69 Å². The quantitative estimate of drug-likeness (QED) is 0.881. The number of carbonyl (C=O) groups excluding carboxylic acids is 1. The molecule has 0 aliphatic carbocycles. The van der Waals surface area contributed by atoms with E-state index in [1.54, 1.807) is 6.92 Å². The van der Waals surface area contributed by atoms with Gasteiger partial charge in [-0.2, -0.15) is 0 Å². The van der Waals surface area contributed by atoms with Crippen LogP contribution >= 0.6 is 0 Å². The van der Waals surface area contributed by atoms with Gasteiger partial charge in [0.2, 0.25) is 0 Å². The topological polar surface area (TPSA) is 69.6 Å². The van der Waals surface area contributed by atoms with E-state index in [1.165, 1.54) is 6.92 Å². The summed E-state index contributed by atoms with van der Waals surface area (Å²) in [6.45, 7) is 3.41. The summed E-state index contributed by atoms with van der Waals surface area (Å²) in [5, 5.41) is 11.4. The largest absolute Gasteiger partial charge is 0.480 e. The minimum absolute atomic E-state index is 0.128. The van der Waals surface area contributed by atoms with Crippen molar-refractivity contribution in [2.24, 2.45) is 5.92 Å². The van der Waals surface area contributed by atoms with Crippen molar-refractivity contribution < 1.29 is 23.5 Å². The van der Waals surface area contributed by atoms with Crippen LogP contribution in [0.2, 0.25) is 0 Å². The average Bonchev–Trinajstić information content (AvgIpc) is 2.78. The van der Waals surface area contributed by atoms with E-state index in [0.717, 1.165) is 17.0 Å². The molecule has 1 aliphatic heterocycles. The molecule has 1 saturated heterocycles. The molecule has 2 N–H and O–H groups in total. The maximum absolute atomic E-state index is 13.7. The van der Waals surface area contributed by atoms with Gasteiger partial charge in [-0.1, -0.05) is 6.92 Å². The number of halogens is 2. The Kier molecular flexibility index (Phi) is 4.11. The molecule has 2 amide bonds. The summed E-state index contributed by atoms with van der Waals surface area (Å²) in [6.07, 6.45) is 0.551. The number of amides is 2. The zero-order valence-electron chi connectivity index (χ0n) is 11.7.